The zero-order chi connectivity index (χ0) is 14.9. The van der Waals surface area contributed by atoms with Gasteiger partial charge in [0.25, 0.3) is 0 Å². The Morgan fingerprint density at radius 2 is 1.95 bits per heavy atom. The van der Waals surface area contributed by atoms with Crippen molar-refractivity contribution in [2.45, 2.75) is 19.3 Å². The quantitative estimate of drug-likeness (QED) is 0.725. The maximum Gasteiger partial charge on any atom is 0.226 e. The van der Waals surface area contributed by atoms with Gasteiger partial charge < -0.3 is 5.32 Å². The first kappa shape index (κ1) is 13.8. The number of aromatic amines is 1. The van der Waals surface area contributed by atoms with Crippen molar-refractivity contribution in [1.82, 2.24) is 20.2 Å². The average Bonchev–Trinajstić information content (AvgIpc) is 2.94. The first-order valence-corrected chi connectivity index (χ1v) is 7.10. The lowest BCUT2D eigenvalue weighted by molar-refractivity contribution is 0.556. The molecule has 108 valence electrons. The van der Waals surface area contributed by atoms with Crippen molar-refractivity contribution in [3.63, 3.8) is 0 Å². The Labute approximate surface area is 127 Å². The Morgan fingerprint density at radius 1 is 1.19 bits per heavy atom. The lowest BCUT2D eigenvalue weighted by atomic mass is 9.84. The molecule has 6 heteroatoms. The largest absolute Gasteiger partial charge is 0.368 e. The molecule has 0 aliphatic heterocycles. The Morgan fingerprint density at radius 3 is 2.71 bits per heavy atom. The van der Waals surface area contributed by atoms with E-state index in [4.69, 9.17) is 11.6 Å². The Balaban J connectivity index is 1.85. The number of nitrogens with zero attached hydrogens (tertiary/aromatic N) is 3. The summed E-state index contributed by atoms with van der Waals surface area (Å²) in [6.45, 7) is 5.10. The molecule has 0 unspecified atom stereocenters. The molecular formula is C15H16ClN5. The topological polar surface area (TPSA) is 66.5 Å². The molecular weight excluding hydrogens is 286 g/mol. The highest BCUT2D eigenvalue weighted by molar-refractivity contribution is 6.28. The number of rotatable bonds is 4. The average molecular weight is 302 g/mol. The number of hydrogen-bond donors (Lipinski definition) is 2. The number of hydrogen-bond acceptors (Lipinski definition) is 4. The second-order valence-corrected chi connectivity index (χ2v) is 5.92. The lowest BCUT2D eigenvalue weighted by Gasteiger charge is -2.26. The summed E-state index contributed by atoms with van der Waals surface area (Å²) in [7, 11) is 0. The van der Waals surface area contributed by atoms with Crippen LogP contribution in [0, 0.1) is 0 Å². The van der Waals surface area contributed by atoms with Crippen LogP contribution >= 0.6 is 11.6 Å². The minimum Gasteiger partial charge on any atom is -0.368 e. The third-order valence-corrected chi connectivity index (χ3v) is 3.70. The van der Waals surface area contributed by atoms with Gasteiger partial charge in [0.2, 0.25) is 5.28 Å². The van der Waals surface area contributed by atoms with E-state index in [2.05, 4.69) is 51.5 Å². The molecule has 0 amide bonds. The number of anilines is 1. The van der Waals surface area contributed by atoms with Crippen molar-refractivity contribution in [2.24, 2.45) is 0 Å². The second-order valence-electron chi connectivity index (χ2n) is 5.58. The van der Waals surface area contributed by atoms with Gasteiger partial charge in [-0.25, -0.2) is 0 Å². The monoisotopic (exact) mass is 301 g/mol. The van der Waals surface area contributed by atoms with E-state index in [1.165, 1.54) is 5.56 Å². The van der Waals surface area contributed by atoms with Crippen LogP contribution in [0.2, 0.25) is 5.28 Å². The van der Waals surface area contributed by atoms with Gasteiger partial charge >= 0.3 is 0 Å². The third kappa shape index (κ3) is 2.83. The molecule has 0 aliphatic rings. The molecule has 3 rings (SSSR count). The van der Waals surface area contributed by atoms with E-state index in [1.807, 2.05) is 18.2 Å². The first-order valence-electron chi connectivity index (χ1n) is 6.72. The van der Waals surface area contributed by atoms with E-state index in [-0.39, 0.29) is 10.7 Å². The summed E-state index contributed by atoms with van der Waals surface area (Å²) < 4.78 is 0. The Bertz CT molecular complexity index is 751. The van der Waals surface area contributed by atoms with E-state index < -0.39 is 0 Å². The molecule has 2 aromatic heterocycles. The van der Waals surface area contributed by atoms with Crippen LogP contribution in [0.4, 0.5) is 5.82 Å². The Kier molecular flexibility index (Phi) is 3.51. The summed E-state index contributed by atoms with van der Waals surface area (Å²) >= 11 is 5.94. The number of aromatic nitrogens is 4. The van der Waals surface area contributed by atoms with Gasteiger partial charge in [0.05, 0.1) is 11.6 Å². The van der Waals surface area contributed by atoms with Crippen LogP contribution in [0.1, 0.15) is 19.4 Å². The van der Waals surface area contributed by atoms with Gasteiger partial charge in [-0.1, -0.05) is 44.2 Å². The van der Waals surface area contributed by atoms with Crippen LogP contribution in [0.15, 0.2) is 36.5 Å². The molecule has 0 fully saturated rings. The standard InChI is InChI=1S/C15H16ClN5/c1-15(2,10-6-4-3-5-7-10)9-17-12-11-8-18-21-13(11)20-14(16)19-12/h3-8H,9H2,1-2H3,(H2,17,18,19,20,21). The number of H-pyrrole nitrogens is 1. The predicted molar refractivity (Wildman–Crippen MR) is 84.7 cm³/mol. The fraction of sp³-hybridized carbons (Fsp3) is 0.267. The summed E-state index contributed by atoms with van der Waals surface area (Å²) in [5, 5.41) is 11.2. The molecule has 0 bridgehead atoms. The Hall–Kier alpha value is -2.14. The minimum absolute atomic E-state index is 0.0330. The maximum absolute atomic E-state index is 5.94. The number of halogens is 1. The molecule has 0 atom stereocenters. The van der Waals surface area contributed by atoms with Crippen LogP contribution in [-0.4, -0.2) is 26.7 Å². The van der Waals surface area contributed by atoms with Crippen molar-refractivity contribution >= 4 is 28.5 Å². The molecule has 0 saturated heterocycles. The number of benzene rings is 1. The van der Waals surface area contributed by atoms with Crippen molar-refractivity contribution < 1.29 is 0 Å². The normalized spacial score (nSPS) is 11.8. The maximum atomic E-state index is 5.94. The zero-order valence-corrected chi connectivity index (χ0v) is 12.6. The molecule has 0 radical (unpaired) electrons. The highest BCUT2D eigenvalue weighted by atomic mass is 35.5. The molecule has 0 spiro atoms. The van der Waals surface area contributed by atoms with Crippen LogP contribution in [-0.2, 0) is 5.41 Å². The van der Waals surface area contributed by atoms with Crippen molar-refractivity contribution in [3.8, 4) is 0 Å². The van der Waals surface area contributed by atoms with Crippen LogP contribution in [0.5, 0.6) is 0 Å². The number of fused-ring (bicyclic) bond motifs is 1. The fourth-order valence-corrected chi connectivity index (χ4v) is 2.41. The third-order valence-electron chi connectivity index (χ3n) is 3.54. The van der Waals surface area contributed by atoms with Crippen molar-refractivity contribution in [3.05, 3.63) is 47.4 Å². The van der Waals surface area contributed by atoms with Gasteiger partial charge in [-0.3, -0.25) is 5.10 Å². The van der Waals surface area contributed by atoms with Crippen LogP contribution in [0.25, 0.3) is 11.0 Å². The summed E-state index contributed by atoms with van der Waals surface area (Å²) in [6, 6.07) is 10.4. The molecule has 2 heterocycles. The smallest absolute Gasteiger partial charge is 0.226 e. The molecule has 2 N–H and O–H groups in total. The first-order chi connectivity index (χ1) is 10.1. The SMILES string of the molecule is CC(C)(CNc1nc(Cl)nc2[nH]ncc12)c1ccccc1. The second kappa shape index (κ2) is 5.33. The van der Waals surface area contributed by atoms with Gasteiger partial charge in [-0.2, -0.15) is 15.1 Å². The van der Waals surface area contributed by atoms with Gasteiger partial charge in [0, 0.05) is 12.0 Å². The molecule has 21 heavy (non-hydrogen) atoms. The highest BCUT2D eigenvalue weighted by Gasteiger charge is 2.21. The fourth-order valence-electron chi connectivity index (χ4n) is 2.24. The summed E-state index contributed by atoms with van der Waals surface area (Å²) in [4.78, 5) is 8.35. The molecule has 5 nitrogen and oxygen atoms in total. The molecule has 3 aromatic rings. The van der Waals surface area contributed by atoms with Crippen LogP contribution < -0.4 is 5.32 Å². The van der Waals surface area contributed by atoms with Gasteiger partial charge in [0.1, 0.15) is 5.82 Å². The highest BCUT2D eigenvalue weighted by Crippen LogP contribution is 2.25. The molecule has 0 saturated carbocycles. The van der Waals surface area contributed by atoms with Gasteiger partial charge in [-0.05, 0) is 17.2 Å². The van der Waals surface area contributed by atoms with E-state index in [0.717, 1.165) is 11.9 Å². The van der Waals surface area contributed by atoms with E-state index in [1.54, 1.807) is 6.20 Å². The predicted octanol–water partition coefficient (Wildman–Crippen LogP) is 3.40. The van der Waals surface area contributed by atoms with Gasteiger partial charge in [-0.15, -0.1) is 0 Å². The summed E-state index contributed by atoms with van der Waals surface area (Å²) in [6.07, 6.45) is 1.70. The van der Waals surface area contributed by atoms with Crippen molar-refractivity contribution in [2.75, 3.05) is 11.9 Å². The van der Waals surface area contributed by atoms with Gasteiger partial charge in [0.15, 0.2) is 5.65 Å². The zero-order valence-electron chi connectivity index (χ0n) is 11.9. The molecule has 0 aliphatic carbocycles. The lowest BCUT2D eigenvalue weighted by Crippen LogP contribution is -2.28. The molecule has 1 aromatic carbocycles. The number of nitrogens with one attached hydrogen (secondary N) is 2. The van der Waals surface area contributed by atoms with E-state index in [0.29, 0.717) is 11.5 Å². The van der Waals surface area contributed by atoms with Crippen LogP contribution in [0.3, 0.4) is 0 Å². The summed E-state index contributed by atoms with van der Waals surface area (Å²) in [5.74, 6) is 0.697. The van der Waals surface area contributed by atoms with E-state index >= 15 is 0 Å². The van der Waals surface area contributed by atoms with Crippen molar-refractivity contribution in [1.29, 1.82) is 0 Å². The van der Waals surface area contributed by atoms with E-state index in [9.17, 15) is 0 Å². The minimum atomic E-state index is -0.0330. The summed E-state index contributed by atoms with van der Waals surface area (Å²) in [5.41, 5.74) is 1.87.